The van der Waals surface area contributed by atoms with Crippen LogP contribution in [-0.2, 0) is 0 Å². The first-order chi connectivity index (χ1) is 7.93. The van der Waals surface area contributed by atoms with Gasteiger partial charge in [-0.2, -0.15) is 0 Å². The average Bonchev–Trinajstić information content (AvgIpc) is 2.23. The number of nitrogen functional groups attached to an aromatic ring is 1. The molecule has 1 aromatic rings. The molecule has 2 N–H and O–H groups in total. The predicted molar refractivity (Wildman–Crippen MR) is 72.0 cm³/mol. The number of carbonyl (C=O) groups is 1. The minimum Gasteiger partial charge on any atom is -0.399 e. The Balaban J connectivity index is 2.97. The number of benzene rings is 1. The lowest BCUT2D eigenvalue weighted by molar-refractivity contribution is 0.0778. The van der Waals surface area contributed by atoms with Crippen LogP contribution in [0.5, 0.6) is 0 Å². The summed E-state index contributed by atoms with van der Waals surface area (Å²) in [5, 5.41) is 0. The van der Waals surface area contributed by atoms with Crippen molar-refractivity contribution in [1.82, 2.24) is 4.90 Å². The SMILES string of the molecule is C=C(C)CN(CC)C(=O)c1cc(C)cc(N)c1. The third kappa shape index (κ3) is 3.63. The van der Waals surface area contributed by atoms with Crippen LogP contribution in [0.1, 0.15) is 29.8 Å². The van der Waals surface area contributed by atoms with Gasteiger partial charge in [0.2, 0.25) is 0 Å². The highest BCUT2D eigenvalue weighted by Gasteiger charge is 2.14. The van der Waals surface area contributed by atoms with Crippen LogP contribution >= 0.6 is 0 Å². The van der Waals surface area contributed by atoms with Crippen molar-refractivity contribution in [2.24, 2.45) is 0 Å². The van der Waals surface area contributed by atoms with E-state index >= 15 is 0 Å². The van der Waals surface area contributed by atoms with Crippen molar-refractivity contribution in [1.29, 1.82) is 0 Å². The molecule has 0 aliphatic carbocycles. The molecule has 1 amide bonds. The number of nitrogens with zero attached hydrogens (tertiary/aromatic N) is 1. The number of nitrogens with two attached hydrogens (primary N) is 1. The number of carbonyl (C=O) groups excluding carboxylic acids is 1. The molecule has 0 saturated carbocycles. The largest absolute Gasteiger partial charge is 0.399 e. The van der Waals surface area contributed by atoms with E-state index < -0.39 is 0 Å². The van der Waals surface area contributed by atoms with Crippen LogP contribution in [0.25, 0.3) is 0 Å². The molecule has 0 radical (unpaired) electrons. The molecular formula is C14H20N2O. The summed E-state index contributed by atoms with van der Waals surface area (Å²) in [5.74, 6) is 0.00546. The highest BCUT2D eigenvalue weighted by atomic mass is 16.2. The van der Waals surface area contributed by atoms with Gasteiger partial charge in [-0.1, -0.05) is 12.2 Å². The summed E-state index contributed by atoms with van der Waals surface area (Å²) in [4.78, 5) is 14.0. The van der Waals surface area contributed by atoms with Gasteiger partial charge in [-0.05, 0) is 44.5 Å². The highest BCUT2D eigenvalue weighted by Crippen LogP contribution is 2.14. The second-order valence-corrected chi connectivity index (χ2v) is 4.41. The van der Waals surface area contributed by atoms with Crippen LogP contribution in [-0.4, -0.2) is 23.9 Å². The Morgan fingerprint density at radius 1 is 1.41 bits per heavy atom. The molecule has 0 heterocycles. The first-order valence-corrected chi connectivity index (χ1v) is 5.75. The van der Waals surface area contributed by atoms with Crippen molar-refractivity contribution < 1.29 is 4.79 Å². The molecule has 0 unspecified atom stereocenters. The van der Waals surface area contributed by atoms with Gasteiger partial charge < -0.3 is 10.6 Å². The quantitative estimate of drug-likeness (QED) is 0.640. The number of likely N-dealkylation sites (N-methyl/N-ethyl adjacent to an activating group) is 1. The molecule has 0 fully saturated rings. The molecule has 0 aromatic heterocycles. The minimum atomic E-state index is 0.00546. The number of aryl methyl sites for hydroxylation is 1. The molecule has 0 spiro atoms. The number of amides is 1. The van der Waals surface area contributed by atoms with Gasteiger partial charge in [0.1, 0.15) is 0 Å². The second-order valence-electron chi connectivity index (χ2n) is 4.41. The first kappa shape index (κ1) is 13.3. The van der Waals surface area contributed by atoms with Crippen LogP contribution < -0.4 is 5.73 Å². The van der Waals surface area contributed by atoms with Gasteiger partial charge >= 0.3 is 0 Å². The van der Waals surface area contributed by atoms with Crippen LogP contribution in [0.3, 0.4) is 0 Å². The highest BCUT2D eigenvalue weighted by molar-refractivity contribution is 5.95. The lowest BCUT2D eigenvalue weighted by atomic mass is 10.1. The van der Waals surface area contributed by atoms with Gasteiger partial charge in [0, 0.05) is 24.3 Å². The molecule has 1 rings (SSSR count). The van der Waals surface area contributed by atoms with Gasteiger partial charge in [0.05, 0.1) is 0 Å². The molecule has 17 heavy (non-hydrogen) atoms. The molecule has 0 aliphatic rings. The van der Waals surface area contributed by atoms with Gasteiger partial charge in [-0.15, -0.1) is 0 Å². The van der Waals surface area contributed by atoms with Crippen LogP contribution in [0.2, 0.25) is 0 Å². The Hall–Kier alpha value is -1.77. The van der Waals surface area contributed by atoms with E-state index in [0.717, 1.165) is 11.1 Å². The second kappa shape index (κ2) is 5.53. The predicted octanol–water partition coefficient (Wildman–Crippen LogP) is 2.62. The fraction of sp³-hybridized carbons (Fsp3) is 0.357. The normalized spacial score (nSPS) is 10.1. The molecule has 0 saturated heterocycles. The Labute approximate surface area is 103 Å². The number of hydrogen-bond donors (Lipinski definition) is 1. The summed E-state index contributed by atoms with van der Waals surface area (Å²) >= 11 is 0. The first-order valence-electron chi connectivity index (χ1n) is 5.75. The summed E-state index contributed by atoms with van der Waals surface area (Å²) in [5.41, 5.74) is 8.99. The van der Waals surface area contributed by atoms with E-state index in [1.165, 1.54) is 0 Å². The number of rotatable bonds is 4. The summed E-state index contributed by atoms with van der Waals surface area (Å²) < 4.78 is 0. The molecular weight excluding hydrogens is 212 g/mol. The van der Waals surface area contributed by atoms with E-state index in [1.54, 1.807) is 11.0 Å². The summed E-state index contributed by atoms with van der Waals surface area (Å²) in [7, 11) is 0. The third-order valence-electron chi connectivity index (χ3n) is 2.48. The molecule has 0 aliphatic heterocycles. The van der Waals surface area contributed by atoms with Gasteiger partial charge in [0.15, 0.2) is 0 Å². The molecule has 1 aromatic carbocycles. The van der Waals surface area contributed by atoms with Crippen molar-refractivity contribution in [2.75, 3.05) is 18.8 Å². The topological polar surface area (TPSA) is 46.3 Å². The van der Waals surface area contributed by atoms with Crippen LogP contribution in [0.4, 0.5) is 5.69 Å². The fourth-order valence-electron chi connectivity index (χ4n) is 1.77. The molecule has 92 valence electrons. The zero-order valence-corrected chi connectivity index (χ0v) is 10.8. The lowest BCUT2D eigenvalue weighted by Crippen LogP contribution is -2.32. The number of anilines is 1. The van der Waals surface area contributed by atoms with E-state index in [4.69, 9.17) is 5.73 Å². The van der Waals surface area contributed by atoms with E-state index in [0.29, 0.717) is 24.3 Å². The Morgan fingerprint density at radius 2 is 2.06 bits per heavy atom. The van der Waals surface area contributed by atoms with Crippen LogP contribution in [0, 0.1) is 6.92 Å². The minimum absolute atomic E-state index is 0.00546. The van der Waals surface area contributed by atoms with Crippen LogP contribution in [0.15, 0.2) is 30.4 Å². The Morgan fingerprint density at radius 3 is 2.53 bits per heavy atom. The zero-order chi connectivity index (χ0) is 13.0. The maximum atomic E-state index is 12.2. The summed E-state index contributed by atoms with van der Waals surface area (Å²) in [6.07, 6.45) is 0. The van der Waals surface area contributed by atoms with E-state index in [1.807, 2.05) is 32.9 Å². The van der Waals surface area contributed by atoms with Gasteiger partial charge in [0.25, 0.3) is 5.91 Å². The molecule has 0 bridgehead atoms. The van der Waals surface area contributed by atoms with Crippen molar-refractivity contribution in [2.45, 2.75) is 20.8 Å². The Kier molecular flexibility index (Phi) is 4.32. The monoisotopic (exact) mass is 232 g/mol. The average molecular weight is 232 g/mol. The van der Waals surface area contributed by atoms with Gasteiger partial charge in [-0.25, -0.2) is 0 Å². The van der Waals surface area contributed by atoms with Gasteiger partial charge in [-0.3, -0.25) is 4.79 Å². The van der Waals surface area contributed by atoms with E-state index in [-0.39, 0.29) is 5.91 Å². The molecule has 3 heteroatoms. The Bertz CT molecular complexity index is 418. The smallest absolute Gasteiger partial charge is 0.254 e. The maximum absolute atomic E-state index is 12.2. The van der Waals surface area contributed by atoms with Crippen molar-refractivity contribution >= 4 is 11.6 Å². The summed E-state index contributed by atoms with van der Waals surface area (Å²) in [6.45, 7) is 10.9. The summed E-state index contributed by atoms with van der Waals surface area (Å²) in [6, 6.07) is 5.43. The standard InChI is InChI=1S/C14H20N2O/c1-5-16(9-10(2)3)14(17)12-6-11(4)7-13(15)8-12/h6-8H,2,5,9,15H2,1,3-4H3. The van der Waals surface area contributed by atoms with Crippen molar-refractivity contribution in [3.8, 4) is 0 Å². The van der Waals surface area contributed by atoms with E-state index in [2.05, 4.69) is 6.58 Å². The fourth-order valence-corrected chi connectivity index (χ4v) is 1.77. The number of hydrogen-bond acceptors (Lipinski definition) is 2. The zero-order valence-electron chi connectivity index (χ0n) is 10.8. The van der Waals surface area contributed by atoms with Crippen molar-refractivity contribution in [3.63, 3.8) is 0 Å². The molecule has 3 nitrogen and oxygen atoms in total. The third-order valence-corrected chi connectivity index (χ3v) is 2.48. The molecule has 0 atom stereocenters. The maximum Gasteiger partial charge on any atom is 0.254 e. The van der Waals surface area contributed by atoms with E-state index in [9.17, 15) is 4.79 Å². The van der Waals surface area contributed by atoms with Crippen molar-refractivity contribution in [3.05, 3.63) is 41.5 Å². The lowest BCUT2D eigenvalue weighted by Gasteiger charge is -2.21.